The summed E-state index contributed by atoms with van der Waals surface area (Å²) in [5, 5.41) is 2.61. The van der Waals surface area contributed by atoms with Gasteiger partial charge < -0.3 is 10.2 Å². The van der Waals surface area contributed by atoms with Crippen LogP contribution in [-0.4, -0.2) is 29.3 Å². The number of nitrogens with one attached hydrogen (secondary N) is 1. The highest BCUT2D eigenvalue weighted by molar-refractivity contribution is 5.81. The average molecular weight is 300 g/mol. The Bertz CT molecular complexity index is 557. The van der Waals surface area contributed by atoms with E-state index < -0.39 is 11.7 Å². The van der Waals surface area contributed by atoms with Crippen molar-refractivity contribution in [3.63, 3.8) is 0 Å². The molecule has 1 atom stereocenters. The number of carbonyl (C=O) groups is 2. The highest BCUT2D eigenvalue weighted by atomic mass is 19.4. The summed E-state index contributed by atoms with van der Waals surface area (Å²) in [6.07, 6.45) is -4.33. The number of carbonyl (C=O) groups excluding carboxylic acids is 2. The zero-order chi connectivity index (χ0) is 15.6. The van der Waals surface area contributed by atoms with Crippen LogP contribution in [0, 0.1) is 0 Å². The lowest BCUT2D eigenvalue weighted by Crippen LogP contribution is -2.35. The van der Waals surface area contributed by atoms with Gasteiger partial charge in [-0.2, -0.15) is 13.2 Å². The monoisotopic (exact) mass is 300 g/mol. The highest BCUT2D eigenvalue weighted by Gasteiger charge is 2.35. The molecule has 0 spiro atoms. The molecule has 1 aromatic carbocycles. The van der Waals surface area contributed by atoms with Gasteiger partial charge in [-0.05, 0) is 11.6 Å². The Kier molecular flexibility index (Phi) is 4.20. The largest absolute Gasteiger partial charge is 0.416 e. The predicted molar refractivity (Wildman–Crippen MR) is 69.1 cm³/mol. The van der Waals surface area contributed by atoms with Gasteiger partial charge in [0.2, 0.25) is 11.8 Å². The lowest BCUT2D eigenvalue weighted by molar-refractivity contribution is -0.139. The maximum absolute atomic E-state index is 12.9. The molecule has 0 radical (unpaired) electrons. The quantitative estimate of drug-likeness (QED) is 0.927. The minimum absolute atomic E-state index is 0.0572. The van der Waals surface area contributed by atoms with Crippen molar-refractivity contribution in [2.45, 2.75) is 32.1 Å². The molecule has 0 saturated carbocycles. The lowest BCUT2D eigenvalue weighted by atomic mass is 10.1. The molecular weight excluding hydrogens is 285 g/mol. The molecule has 2 amide bonds. The maximum atomic E-state index is 12.9. The standard InChI is InChI=1S/C14H15F3N2O2/c1-9(20)18-11-6-13(21)19(8-11)7-10-4-2-3-5-12(10)14(15,16)17/h2-5,11H,6-8H2,1H3,(H,18,20)/t11-/m0/s1. The molecule has 0 aromatic heterocycles. The van der Waals surface area contributed by atoms with E-state index >= 15 is 0 Å². The van der Waals surface area contributed by atoms with Gasteiger partial charge >= 0.3 is 6.18 Å². The van der Waals surface area contributed by atoms with Crippen molar-refractivity contribution in [2.24, 2.45) is 0 Å². The number of benzene rings is 1. The van der Waals surface area contributed by atoms with Crippen LogP contribution in [0.25, 0.3) is 0 Å². The van der Waals surface area contributed by atoms with Gasteiger partial charge in [0, 0.05) is 26.4 Å². The molecule has 0 bridgehead atoms. The van der Waals surface area contributed by atoms with E-state index in [1.807, 2.05) is 0 Å². The Morgan fingerprint density at radius 1 is 1.38 bits per heavy atom. The van der Waals surface area contributed by atoms with E-state index in [4.69, 9.17) is 0 Å². The first-order chi connectivity index (χ1) is 9.77. The second kappa shape index (κ2) is 5.75. The molecule has 2 rings (SSSR count). The summed E-state index contributed by atoms with van der Waals surface area (Å²) in [4.78, 5) is 24.1. The van der Waals surface area contributed by atoms with Crippen LogP contribution in [-0.2, 0) is 22.3 Å². The molecule has 7 heteroatoms. The molecule has 1 saturated heterocycles. The van der Waals surface area contributed by atoms with E-state index in [9.17, 15) is 22.8 Å². The van der Waals surface area contributed by atoms with Gasteiger partial charge in [0.15, 0.2) is 0 Å². The van der Waals surface area contributed by atoms with Crippen LogP contribution in [0.15, 0.2) is 24.3 Å². The van der Waals surface area contributed by atoms with E-state index in [1.54, 1.807) is 0 Å². The maximum Gasteiger partial charge on any atom is 0.416 e. The number of amides is 2. The van der Waals surface area contributed by atoms with Crippen molar-refractivity contribution in [3.8, 4) is 0 Å². The summed E-state index contributed by atoms with van der Waals surface area (Å²) in [7, 11) is 0. The fourth-order valence-corrected chi connectivity index (χ4v) is 2.45. The summed E-state index contributed by atoms with van der Waals surface area (Å²) < 4.78 is 38.7. The molecule has 1 aromatic rings. The van der Waals surface area contributed by atoms with Crippen molar-refractivity contribution in [2.75, 3.05) is 6.54 Å². The summed E-state index contributed by atoms with van der Waals surface area (Å²) in [6, 6.07) is 4.85. The summed E-state index contributed by atoms with van der Waals surface area (Å²) in [5.41, 5.74) is -0.678. The first-order valence-electron chi connectivity index (χ1n) is 6.47. The Morgan fingerprint density at radius 3 is 2.67 bits per heavy atom. The molecule has 1 fully saturated rings. The van der Waals surface area contributed by atoms with Crippen molar-refractivity contribution >= 4 is 11.8 Å². The average Bonchev–Trinajstić information content (AvgIpc) is 2.68. The number of halogens is 3. The minimum atomic E-state index is -4.45. The smallest absolute Gasteiger partial charge is 0.351 e. The van der Waals surface area contributed by atoms with Crippen molar-refractivity contribution in [1.82, 2.24) is 10.2 Å². The minimum Gasteiger partial charge on any atom is -0.351 e. The van der Waals surface area contributed by atoms with E-state index in [1.165, 1.54) is 30.0 Å². The van der Waals surface area contributed by atoms with Crippen molar-refractivity contribution in [1.29, 1.82) is 0 Å². The normalized spacial score (nSPS) is 19.0. The van der Waals surface area contributed by atoms with Gasteiger partial charge in [-0.1, -0.05) is 18.2 Å². The fourth-order valence-electron chi connectivity index (χ4n) is 2.45. The number of alkyl halides is 3. The first kappa shape index (κ1) is 15.3. The topological polar surface area (TPSA) is 49.4 Å². The third-order valence-corrected chi connectivity index (χ3v) is 3.31. The van der Waals surface area contributed by atoms with Gasteiger partial charge in [0.1, 0.15) is 0 Å². The Labute approximate surface area is 119 Å². The van der Waals surface area contributed by atoms with Crippen molar-refractivity contribution in [3.05, 3.63) is 35.4 Å². The van der Waals surface area contributed by atoms with Crippen LogP contribution in [0.4, 0.5) is 13.2 Å². The molecule has 0 unspecified atom stereocenters. The number of rotatable bonds is 3. The number of hydrogen-bond donors (Lipinski definition) is 1. The van der Waals surface area contributed by atoms with Gasteiger partial charge in [0.25, 0.3) is 0 Å². The van der Waals surface area contributed by atoms with Crippen LogP contribution >= 0.6 is 0 Å². The Morgan fingerprint density at radius 2 is 2.05 bits per heavy atom. The first-order valence-corrected chi connectivity index (χ1v) is 6.47. The number of hydrogen-bond acceptors (Lipinski definition) is 2. The van der Waals surface area contributed by atoms with Gasteiger partial charge in [-0.15, -0.1) is 0 Å². The summed E-state index contributed by atoms with van der Waals surface area (Å²) >= 11 is 0. The molecule has 21 heavy (non-hydrogen) atoms. The predicted octanol–water partition coefficient (Wildman–Crippen LogP) is 1.94. The van der Waals surface area contributed by atoms with E-state index in [-0.39, 0.29) is 42.9 Å². The molecule has 4 nitrogen and oxygen atoms in total. The Hall–Kier alpha value is -2.05. The second-order valence-corrected chi connectivity index (χ2v) is 5.03. The van der Waals surface area contributed by atoms with Crippen molar-refractivity contribution < 1.29 is 22.8 Å². The molecule has 0 aliphatic carbocycles. The molecule has 1 N–H and O–H groups in total. The van der Waals surface area contributed by atoms with Crippen LogP contribution in [0.3, 0.4) is 0 Å². The highest BCUT2D eigenvalue weighted by Crippen LogP contribution is 2.32. The summed E-state index contributed by atoms with van der Waals surface area (Å²) in [5.74, 6) is -0.518. The zero-order valence-electron chi connectivity index (χ0n) is 11.4. The van der Waals surface area contributed by atoms with Crippen LogP contribution in [0.5, 0.6) is 0 Å². The SMILES string of the molecule is CC(=O)N[C@H]1CC(=O)N(Cc2ccccc2C(F)(F)F)C1. The lowest BCUT2D eigenvalue weighted by Gasteiger charge is -2.20. The number of likely N-dealkylation sites (tertiary alicyclic amines) is 1. The van der Waals surface area contributed by atoms with E-state index in [0.717, 1.165) is 6.07 Å². The van der Waals surface area contributed by atoms with Gasteiger partial charge in [-0.3, -0.25) is 9.59 Å². The number of nitrogens with zero attached hydrogens (tertiary/aromatic N) is 1. The van der Waals surface area contributed by atoms with Gasteiger partial charge in [0.05, 0.1) is 11.6 Å². The van der Waals surface area contributed by atoms with Crippen LogP contribution in [0.1, 0.15) is 24.5 Å². The van der Waals surface area contributed by atoms with E-state index in [2.05, 4.69) is 5.32 Å². The zero-order valence-corrected chi connectivity index (χ0v) is 11.4. The molecular formula is C14H15F3N2O2. The van der Waals surface area contributed by atoms with Crippen LogP contribution in [0.2, 0.25) is 0 Å². The summed E-state index contributed by atoms with van der Waals surface area (Å²) in [6.45, 7) is 1.46. The molecule has 1 aliphatic rings. The Balaban J connectivity index is 2.13. The van der Waals surface area contributed by atoms with E-state index in [0.29, 0.717) is 0 Å². The molecule has 1 heterocycles. The third-order valence-electron chi connectivity index (χ3n) is 3.31. The second-order valence-electron chi connectivity index (χ2n) is 5.03. The van der Waals surface area contributed by atoms with Crippen LogP contribution < -0.4 is 5.32 Å². The fraction of sp³-hybridized carbons (Fsp3) is 0.429. The third kappa shape index (κ3) is 3.74. The molecule has 1 aliphatic heterocycles. The van der Waals surface area contributed by atoms with Gasteiger partial charge in [-0.25, -0.2) is 0 Å². The molecule has 114 valence electrons.